The molecule has 0 bridgehead atoms. The van der Waals surface area contributed by atoms with Crippen LogP contribution in [0, 0.1) is 5.41 Å². The summed E-state index contributed by atoms with van der Waals surface area (Å²) in [6, 6.07) is 10.6. The SMILES string of the molecule is CN(c1ccc(C(=N)N)cc1)c1ccnc(C(N)=O)c1. The number of benzene rings is 1. The highest BCUT2D eigenvalue weighted by Crippen LogP contribution is 2.23. The molecule has 0 aliphatic rings. The van der Waals surface area contributed by atoms with Gasteiger partial charge in [-0.1, -0.05) is 0 Å². The number of carbonyl (C=O) groups is 1. The van der Waals surface area contributed by atoms with Gasteiger partial charge in [0.1, 0.15) is 11.5 Å². The first-order valence-electron chi connectivity index (χ1n) is 5.93. The zero-order valence-corrected chi connectivity index (χ0v) is 11.0. The highest BCUT2D eigenvalue weighted by Gasteiger charge is 2.08. The molecule has 0 atom stereocenters. The first kappa shape index (κ1) is 13.5. The van der Waals surface area contributed by atoms with Crippen molar-refractivity contribution in [3.63, 3.8) is 0 Å². The van der Waals surface area contributed by atoms with E-state index in [1.54, 1.807) is 24.3 Å². The molecule has 1 heterocycles. The Hall–Kier alpha value is -2.89. The summed E-state index contributed by atoms with van der Waals surface area (Å²) < 4.78 is 0. The van der Waals surface area contributed by atoms with E-state index in [1.807, 2.05) is 24.1 Å². The van der Waals surface area contributed by atoms with Gasteiger partial charge in [0.2, 0.25) is 0 Å². The Morgan fingerprint density at radius 2 is 1.80 bits per heavy atom. The number of aromatic nitrogens is 1. The first-order chi connectivity index (χ1) is 9.49. The molecule has 1 amide bonds. The average molecular weight is 269 g/mol. The van der Waals surface area contributed by atoms with Gasteiger partial charge in [0, 0.05) is 30.2 Å². The summed E-state index contributed by atoms with van der Waals surface area (Å²) in [5.41, 5.74) is 13.2. The predicted molar refractivity (Wildman–Crippen MR) is 78.3 cm³/mol. The van der Waals surface area contributed by atoms with Crippen molar-refractivity contribution in [1.29, 1.82) is 5.41 Å². The normalized spacial score (nSPS) is 10.1. The number of amides is 1. The minimum absolute atomic E-state index is 0.0270. The van der Waals surface area contributed by atoms with Crippen LogP contribution in [-0.4, -0.2) is 23.8 Å². The molecule has 6 heteroatoms. The number of hydrogen-bond donors (Lipinski definition) is 3. The fourth-order valence-corrected chi connectivity index (χ4v) is 1.78. The molecule has 0 saturated carbocycles. The Bertz CT molecular complexity index is 651. The monoisotopic (exact) mass is 269 g/mol. The largest absolute Gasteiger partial charge is 0.384 e. The molecule has 2 rings (SSSR count). The molecule has 0 unspecified atom stereocenters. The second kappa shape index (κ2) is 5.40. The number of carbonyl (C=O) groups excluding carboxylic acids is 1. The maximum atomic E-state index is 11.1. The average Bonchev–Trinajstić information content (AvgIpc) is 2.46. The second-order valence-electron chi connectivity index (χ2n) is 4.28. The van der Waals surface area contributed by atoms with E-state index in [4.69, 9.17) is 16.9 Å². The number of nitrogens with two attached hydrogens (primary N) is 2. The van der Waals surface area contributed by atoms with Crippen molar-refractivity contribution in [3.05, 3.63) is 53.9 Å². The van der Waals surface area contributed by atoms with Gasteiger partial charge in [0.05, 0.1) is 0 Å². The van der Waals surface area contributed by atoms with Crippen LogP contribution >= 0.6 is 0 Å². The van der Waals surface area contributed by atoms with E-state index in [9.17, 15) is 4.79 Å². The van der Waals surface area contributed by atoms with Gasteiger partial charge in [-0.15, -0.1) is 0 Å². The van der Waals surface area contributed by atoms with Crippen LogP contribution in [0.2, 0.25) is 0 Å². The molecular formula is C14H15N5O. The molecule has 0 saturated heterocycles. The maximum Gasteiger partial charge on any atom is 0.267 e. The van der Waals surface area contributed by atoms with E-state index in [2.05, 4.69) is 4.98 Å². The number of nitrogens with one attached hydrogen (secondary N) is 1. The number of pyridine rings is 1. The Labute approximate surface area is 116 Å². The van der Waals surface area contributed by atoms with Crippen LogP contribution in [0.1, 0.15) is 16.1 Å². The van der Waals surface area contributed by atoms with E-state index in [0.717, 1.165) is 11.4 Å². The lowest BCUT2D eigenvalue weighted by molar-refractivity contribution is 0.0995. The van der Waals surface area contributed by atoms with E-state index in [0.29, 0.717) is 5.56 Å². The third-order valence-corrected chi connectivity index (χ3v) is 2.95. The summed E-state index contributed by atoms with van der Waals surface area (Å²) in [4.78, 5) is 16.9. The molecule has 2 aromatic rings. The van der Waals surface area contributed by atoms with Crippen molar-refractivity contribution < 1.29 is 4.79 Å². The number of nitrogens with zero attached hydrogens (tertiary/aromatic N) is 2. The lowest BCUT2D eigenvalue weighted by Gasteiger charge is -2.20. The quantitative estimate of drug-likeness (QED) is 0.573. The van der Waals surface area contributed by atoms with Crippen molar-refractivity contribution >= 4 is 23.1 Å². The smallest absolute Gasteiger partial charge is 0.267 e. The fraction of sp³-hybridized carbons (Fsp3) is 0.0714. The van der Waals surface area contributed by atoms with Gasteiger partial charge in [-0.3, -0.25) is 15.2 Å². The molecule has 0 aliphatic heterocycles. The lowest BCUT2D eigenvalue weighted by Crippen LogP contribution is -2.16. The van der Waals surface area contributed by atoms with Gasteiger partial charge >= 0.3 is 0 Å². The minimum atomic E-state index is -0.563. The molecule has 5 N–H and O–H groups in total. The molecule has 20 heavy (non-hydrogen) atoms. The molecule has 0 aliphatic carbocycles. The van der Waals surface area contributed by atoms with Gasteiger partial charge in [-0.2, -0.15) is 0 Å². The van der Waals surface area contributed by atoms with Crippen molar-refractivity contribution in [2.24, 2.45) is 11.5 Å². The topological polar surface area (TPSA) is 109 Å². The van der Waals surface area contributed by atoms with Gasteiger partial charge in [-0.25, -0.2) is 0 Å². The molecule has 0 spiro atoms. The summed E-state index contributed by atoms with van der Waals surface area (Å²) in [5, 5.41) is 7.36. The summed E-state index contributed by atoms with van der Waals surface area (Å²) in [5.74, 6) is -0.536. The van der Waals surface area contributed by atoms with Crippen LogP contribution in [0.25, 0.3) is 0 Å². The van der Waals surface area contributed by atoms with E-state index in [1.165, 1.54) is 6.20 Å². The summed E-state index contributed by atoms with van der Waals surface area (Å²) in [6.45, 7) is 0. The van der Waals surface area contributed by atoms with Crippen LogP contribution < -0.4 is 16.4 Å². The maximum absolute atomic E-state index is 11.1. The third kappa shape index (κ3) is 2.74. The Morgan fingerprint density at radius 1 is 1.15 bits per heavy atom. The van der Waals surface area contributed by atoms with E-state index in [-0.39, 0.29) is 11.5 Å². The van der Waals surface area contributed by atoms with Gasteiger partial charge in [-0.05, 0) is 36.4 Å². The fourth-order valence-electron chi connectivity index (χ4n) is 1.78. The van der Waals surface area contributed by atoms with Crippen molar-refractivity contribution in [2.75, 3.05) is 11.9 Å². The van der Waals surface area contributed by atoms with Crippen LogP contribution in [0.5, 0.6) is 0 Å². The summed E-state index contributed by atoms with van der Waals surface area (Å²) >= 11 is 0. The molecule has 1 aromatic carbocycles. The van der Waals surface area contributed by atoms with Crippen molar-refractivity contribution in [2.45, 2.75) is 0 Å². The van der Waals surface area contributed by atoms with E-state index < -0.39 is 5.91 Å². The Morgan fingerprint density at radius 3 is 2.35 bits per heavy atom. The van der Waals surface area contributed by atoms with Gasteiger partial charge in [0.25, 0.3) is 5.91 Å². The molecular weight excluding hydrogens is 254 g/mol. The van der Waals surface area contributed by atoms with Crippen LogP contribution in [0.15, 0.2) is 42.6 Å². The number of rotatable bonds is 4. The highest BCUT2D eigenvalue weighted by atomic mass is 16.1. The summed E-state index contributed by atoms with van der Waals surface area (Å²) in [7, 11) is 1.86. The Kier molecular flexibility index (Phi) is 3.65. The lowest BCUT2D eigenvalue weighted by atomic mass is 10.1. The van der Waals surface area contributed by atoms with Crippen molar-refractivity contribution in [3.8, 4) is 0 Å². The molecule has 0 fully saturated rings. The zero-order chi connectivity index (χ0) is 14.7. The second-order valence-corrected chi connectivity index (χ2v) is 4.28. The number of anilines is 2. The zero-order valence-electron chi connectivity index (χ0n) is 11.0. The molecule has 1 aromatic heterocycles. The number of nitrogen functional groups attached to an aromatic ring is 1. The number of hydrogen-bond acceptors (Lipinski definition) is 4. The van der Waals surface area contributed by atoms with Crippen LogP contribution in [0.4, 0.5) is 11.4 Å². The molecule has 102 valence electrons. The third-order valence-electron chi connectivity index (χ3n) is 2.95. The number of primary amides is 1. The van der Waals surface area contributed by atoms with E-state index >= 15 is 0 Å². The first-order valence-corrected chi connectivity index (χ1v) is 5.93. The minimum Gasteiger partial charge on any atom is -0.384 e. The standard InChI is InChI=1S/C14H15N5O/c1-19(10-4-2-9(3-5-10)13(15)16)11-6-7-18-12(8-11)14(17)20/h2-8H,1H3,(H3,15,16)(H2,17,20). The summed E-state index contributed by atoms with van der Waals surface area (Å²) in [6.07, 6.45) is 1.54. The van der Waals surface area contributed by atoms with Crippen LogP contribution in [-0.2, 0) is 0 Å². The molecule has 6 nitrogen and oxygen atoms in total. The van der Waals surface area contributed by atoms with Crippen LogP contribution in [0.3, 0.4) is 0 Å². The van der Waals surface area contributed by atoms with Crippen molar-refractivity contribution in [1.82, 2.24) is 4.98 Å². The predicted octanol–water partition coefficient (Wildman–Crippen LogP) is 1.23. The number of amidine groups is 1. The molecule has 0 radical (unpaired) electrons. The highest BCUT2D eigenvalue weighted by molar-refractivity contribution is 5.95. The Balaban J connectivity index is 2.30. The van der Waals surface area contributed by atoms with Gasteiger partial charge in [0.15, 0.2) is 0 Å². The van der Waals surface area contributed by atoms with Gasteiger partial charge < -0.3 is 16.4 Å².